The number of rotatable bonds is 5. The van der Waals surface area contributed by atoms with E-state index in [9.17, 15) is 15.3 Å². The highest BCUT2D eigenvalue weighted by Crippen LogP contribution is 2.41. The van der Waals surface area contributed by atoms with E-state index < -0.39 is 0 Å². The third-order valence-corrected chi connectivity index (χ3v) is 3.88. The Balaban J connectivity index is 0.00000220. The molecule has 0 aliphatic carbocycles. The second-order valence-electron chi connectivity index (χ2n) is 5.34. The molecule has 1 aromatic carbocycles. The van der Waals surface area contributed by atoms with Crippen LogP contribution in [-0.4, -0.2) is 46.4 Å². The van der Waals surface area contributed by atoms with Crippen LogP contribution in [0.4, 0.5) is 0 Å². The van der Waals surface area contributed by atoms with Crippen molar-refractivity contribution in [3.8, 4) is 17.2 Å². The Morgan fingerprint density at radius 3 is 2.14 bits per heavy atom. The quantitative estimate of drug-likeness (QED) is 0.655. The first-order valence-electron chi connectivity index (χ1n) is 7.33. The van der Waals surface area contributed by atoms with Gasteiger partial charge in [0.1, 0.15) is 17.2 Å². The van der Waals surface area contributed by atoms with Gasteiger partial charge in [0, 0.05) is 44.4 Å². The summed E-state index contributed by atoms with van der Waals surface area (Å²) in [6.45, 7) is 5.76. The van der Waals surface area contributed by atoms with E-state index in [0.717, 1.165) is 45.4 Å². The molecule has 22 heavy (non-hydrogen) atoms. The van der Waals surface area contributed by atoms with Gasteiger partial charge < -0.3 is 20.6 Å². The van der Waals surface area contributed by atoms with Gasteiger partial charge in [0.25, 0.3) is 0 Å². The number of nitrogens with one attached hydrogen (secondary N) is 1. The van der Waals surface area contributed by atoms with Crippen molar-refractivity contribution in [2.75, 3.05) is 26.2 Å². The van der Waals surface area contributed by atoms with Crippen molar-refractivity contribution in [2.45, 2.75) is 32.2 Å². The molecule has 0 bridgehead atoms. The fourth-order valence-electron chi connectivity index (χ4n) is 2.85. The molecule has 4 N–H and O–H groups in total. The maximum atomic E-state index is 10.1. The van der Waals surface area contributed by atoms with E-state index in [0.29, 0.717) is 5.56 Å². The van der Waals surface area contributed by atoms with Crippen LogP contribution in [0.3, 0.4) is 0 Å². The van der Waals surface area contributed by atoms with Gasteiger partial charge in [0.05, 0.1) is 5.56 Å². The molecule has 0 aromatic heterocycles. The molecule has 0 saturated carbocycles. The van der Waals surface area contributed by atoms with Gasteiger partial charge >= 0.3 is 0 Å². The summed E-state index contributed by atoms with van der Waals surface area (Å²) in [5, 5.41) is 33.0. The fraction of sp³-hybridized carbons (Fsp3) is 0.600. The summed E-state index contributed by atoms with van der Waals surface area (Å²) in [5.41, 5.74) is 0.540. The maximum absolute atomic E-state index is 10.1. The summed E-state index contributed by atoms with van der Waals surface area (Å²) in [6, 6.07) is 2.60. The number of phenolic OH excluding ortho intramolecular Hbond substituents is 3. The zero-order valence-electron chi connectivity index (χ0n) is 12.8. The van der Waals surface area contributed by atoms with Gasteiger partial charge in [0.2, 0.25) is 0 Å². The molecule has 1 saturated heterocycles. The van der Waals surface area contributed by atoms with Crippen molar-refractivity contribution in [3.63, 3.8) is 0 Å². The number of halogens is 2. The molecular formula is C15H26Cl2N2O3. The number of piperazine rings is 1. The average molecular weight is 353 g/mol. The van der Waals surface area contributed by atoms with E-state index in [1.807, 2.05) is 0 Å². The van der Waals surface area contributed by atoms with Crippen molar-refractivity contribution in [1.29, 1.82) is 0 Å². The topological polar surface area (TPSA) is 76.0 Å². The first kappa shape index (κ1) is 21.1. The highest BCUT2D eigenvalue weighted by atomic mass is 35.5. The van der Waals surface area contributed by atoms with Gasteiger partial charge in [-0.1, -0.05) is 19.8 Å². The van der Waals surface area contributed by atoms with Gasteiger partial charge in [-0.25, -0.2) is 0 Å². The van der Waals surface area contributed by atoms with E-state index in [1.165, 1.54) is 12.1 Å². The Morgan fingerprint density at radius 1 is 1.09 bits per heavy atom. The largest absolute Gasteiger partial charge is 0.508 e. The second-order valence-corrected chi connectivity index (χ2v) is 5.34. The molecule has 0 spiro atoms. The molecule has 1 aliphatic heterocycles. The van der Waals surface area contributed by atoms with Crippen LogP contribution < -0.4 is 5.32 Å². The minimum atomic E-state index is -0.113. The number of phenols is 3. The smallest absolute Gasteiger partial charge is 0.127 e. The first-order chi connectivity index (χ1) is 9.63. The van der Waals surface area contributed by atoms with E-state index in [-0.39, 0.29) is 48.1 Å². The summed E-state index contributed by atoms with van der Waals surface area (Å²) in [6.07, 6.45) is 3.00. The number of hydrogen-bond donors (Lipinski definition) is 4. The Kier molecular flexibility index (Phi) is 9.60. The van der Waals surface area contributed by atoms with Gasteiger partial charge in [0.15, 0.2) is 0 Å². The molecule has 2 rings (SSSR count). The molecule has 1 aliphatic rings. The Bertz CT molecular complexity index is 431. The molecule has 1 atom stereocenters. The van der Waals surface area contributed by atoms with Gasteiger partial charge in [-0.3, -0.25) is 4.90 Å². The predicted octanol–water partition coefficient (Wildman–Crippen LogP) is 2.78. The molecule has 1 fully saturated rings. The van der Waals surface area contributed by atoms with E-state index in [2.05, 4.69) is 17.1 Å². The summed E-state index contributed by atoms with van der Waals surface area (Å²) in [7, 11) is 0. The van der Waals surface area contributed by atoms with Crippen LogP contribution in [0.2, 0.25) is 0 Å². The third kappa shape index (κ3) is 5.09. The zero-order valence-corrected chi connectivity index (χ0v) is 14.4. The van der Waals surface area contributed by atoms with Crippen LogP contribution in [0.15, 0.2) is 12.1 Å². The summed E-state index contributed by atoms with van der Waals surface area (Å²) in [5.74, 6) is -0.164. The predicted molar refractivity (Wildman–Crippen MR) is 92.6 cm³/mol. The van der Waals surface area contributed by atoms with Crippen LogP contribution in [-0.2, 0) is 0 Å². The van der Waals surface area contributed by atoms with Crippen molar-refractivity contribution in [3.05, 3.63) is 17.7 Å². The van der Waals surface area contributed by atoms with E-state index >= 15 is 0 Å². The number of nitrogens with zero attached hydrogens (tertiary/aromatic N) is 1. The van der Waals surface area contributed by atoms with Crippen LogP contribution in [0, 0.1) is 0 Å². The number of aromatic hydroxyl groups is 3. The normalized spacial score (nSPS) is 16.4. The second kappa shape index (κ2) is 10.0. The lowest BCUT2D eigenvalue weighted by molar-refractivity contribution is 0.158. The van der Waals surface area contributed by atoms with Crippen molar-refractivity contribution >= 4 is 24.8 Å². The summed E-state index contributed by atoms with van der Waals surface area (Å²) < 4.78 is 0. The van der Waals surface area contributed by atoms with Gasteiger partial charge in [-0.05, 0) is 6.42 Å². The van der Waals surface area contributed by atoms with Crippen LogP contribution >= 0.6 is 24.8 Å². The summed E-state index contributed by atoms with van der Waals surface area (Å²) in [4.78, 5) is 2.29. The summed E-state index contributed by atoms with van der Waals surface area (Å²) >= 11 is 0. The van der Waals surface area contributed by atoms with Gasteiger partial charge in [-0.2, -0.15) is 0 Å². The van der Waals surface area contributed by atoms with Crippen LogP contribution in [0.5, 0.6) is 17.2 Å². The molecule has 0 amide bonds. The van der Waals surface area contributed by atoms with E-state index in [1.54, 1.807) is 0 Å². The van der Waals surface area contributed by atoms with Crippen LogP contribution in [0.1, 0.15) is 37.8 Å². The van der Waals surface area contributed by atoms with Crippen molar-refractivity contribution in [2.24, 2.45) is 0 Å². The molecule has 128 valence electrons. The highest BCUT2D eigenvalue weighted by Gasteiger charge is 2.27. The standard InChI is InChI=1S/C15H24N2O3.2ClH/c1-2-3-4-12(17-7-5-16-6-8-17)15-13(19)9-11(18)10-14(15)20;;/h9-10,12,16,18-20H,2-8H2,1H3;2*1H/t12-;;/m0../s1. The third-order valence-electron chi connectivity index (χ3n) is 3.88. The number of hydrogen-bond acceptors (Lipinski definition) is 5. The Hall–Kier alpha value is -0.880. The monoisotopic (exact) mass is 352 g/mol. The fourth-order valence-corrected chi connectivity index (χ4v) is 2.85. The number of benzene rings is 1. The maximum Gasteiger partial charge on any atom is 0.127 e. The van der Waals surface area contributed by atoms with E-state index in [4.69, 9.17) is 0 Å². The molecule has 1 aromatic rings. The highest BCUT2D eigenvalue weighted by molar-refractivity contribution is 5.85. The Morgan fingerprint density at radius 2 is 1.64 bits per heavy atom. The molecule has 0 unspecified atom stereocenters. The lowest BCUT2D eigenvalue weighted by atomic mass is 9.96. The molecule has 5 nitrogen and oxygen atoms in total. The molecule has 0 radical (unpaired) electrons. The van der Waals surface area contributed by atoms with Crippen molar-refractivity contribution in [1.82, 2.24) is 10.2 Å². The molecule has 1 heterocycles. The van der Waals surface area contributed by atoms with Crippen LogP contribution in [0.25, 0.3) is 0 Å². The zero-order chi connectivity index (χ0) is 14.5. The molecular weight excluding hydrogens is 327 g/mol. The lowest BCUT2D eigenvalue weighted by Gasteiger charge is -2.35. The Labute approximate surface area is 144 Å². The molecule has 7 heteroatoms. The number of unbranched alkanes of at least 4 members (excludes halogenated alkanes) is 1. The minimum absolute atomic E-state index is 0. The van der Waals surface area contributed by atoms with Gasteiger partial charge in [-0.15, -0.1) is 24.8 Å². The van der Waals surface area contributed by atoms with Crippen molar-refractivity contribution < 1.29 is 15.3 Å². The first-order valence-corrected chi connectivity index (χ1v) is 7.33. The lowest BCUT2D eigenvalue weighted by Crippen LogP contribution is -2.45. The SMILES string of the molecule is CCCC[C@@H](c1c(O)cc(O)cc1O)N1CCNCC1.Cl.Cl. The average Bonchev–Trinajstić information content (AvgIpc) is 2.42. The minimum Gasteiger partial charge on any atom is -0.508 e.